The van der Waals surface area contributed by atoms with Gasteiger partial charge in [0, 0.05) is 23.5 Å². The Hall–Kier alpha value is -1.52. The molecular weight excluding hydrogens is 240 g/mol. The van der Waals surface area contributed by atoms with Crippen LogP contribution in [-0.4, -0.2) is 38.7 Å². The van der Waals surface area contributed by atoms with Gasteiger partial charge >= 0.3 is 0 Å². The highest BCUT2D eigenvalue weighted by atomic mass is 16.5. The number of rotatable bonds is 2. The van der Waals surface area contributed by atoms with Gasteiger partial charge in [-0.15, -0.1) is 0 Å². The first-order valence-corrected chi connectivity index (χ1v) is 6.75. The first-order chi connectivity index (χ1) is 9.29. The van der Waals surface area contributed by atoms with Crippen molar-refractivity contribution in [3.05, 3.63) is 30.0 Å². The molecule has 0 amide bonds. The van der Waals surface area contributed by atoms with Crippen molar-refractivity contribution in [2.45, 2.75) is 12.5 Å². The van der Waals surface area contributed by atoms with Crippen LogP contribution in [-0.2, 0) is 0 Å². The van der Waals surface area contributed by atoms with Crippen LogP contribution < -0.4 is 10.1 Å². The number of hydrogen-bond donors (Lipinski definition) is 1. The summed E-state index contributed by atoms with van der Waals surface area (Å²) in [5, 5.41) is 4.75. The van der Waals surface area contributed by atoms with E-state index < -0.39 is 0 Å². The molecule has 4 heteroatoms. The predicted molar refractivity (Wildman–Crippen MR) is 75.6 cm³/mol. The van der Waals surface area contributed by atoms with E-state index in [1.807, 2.05) is 18.4 Å². The van der Waals surface area contributed by atoms with Gasteiger partial charge in [-0.3, -0.25) is 0 Å². The summed E-state index contributed by atoms with van der Waals surface area (Å²) in [5.74, 6) is 0.797. The summed E-state index contributed by atoms with van der Waals surface area (Å²) in [6.45, 7) is 3.19. The minimum atomic E-state index is 0.320. The second-order valence-corrected chi connectivity index (χ2v) is 5.15. The number of benzene rings is 1. The number of hydrogen-bond acceptors (Lipinski definition) is 4. The van der Waals surface area contributed by atoms with E-state index in [-0.39, 0.29) is 0 Å². The summed E-state index contributed by atoms with van der Waals surface area (Å²) in [6.07, 6.45) is 3.05. The van der Waals surface area contributed by atoms with Crippen molar-refractivity contribution in [3.8, 4) is 5.75 Å². The third-order valence-corrected chi connectivity index (χ3v) is 3.79. The van der Waals surface area contributed by atoms with Crippen molar-refractivity contribution in [2.75, 3.05) is 33.8 Å². The molecule has 2 heterocycles. The van der Waals surface area contributed by atoms with Crippen LogP contribution in [0.3, 0.4) is 0 Å². The fourth-order valence-electron chi connectivity index (χ4n) is 2.78. The van der Waals surface area contributed by atoms with Gasteiger partial charge in [-0.1, -0.05) is 12.1 Å². The molecule has 1 unspecified atom stereocenters. The SMILES string of the molecule is COc1cccc2c(C3CN(C)CCCN3)coc12. The molecule has 19 heavy (non-hydrogen) atoms. The lowest BCUT2D eigenvalue weighted by Gasteiger charge is -2.19. The average molecular weight is 260 g/mol. The second-order valence-electron chi connectivity index (χ2n) is 5.15. The Morgan fingerprint density at radius 2 is 2.32 bits per heavy atom. The van der Waals surface area contributed by atoms with E-state index in [0.717, 1.165) is 36.4 Å². The predicted octanol–water partition coefficient (Wildman–Crippen LogP) is 2.41. The van der Waals surface area contributed by atoms with Gasteiger partial charge in [-0.2, -0.15) is 0 Å². The first kappa shape index (κ1) is 12.5. The van der Waals surface area contributed by atoms with Crippen LogP contribution in [0.25, 0.3) is 11.0 Å². The summed E-state index contributed by atoms with van der Waals surface area (Å²) in [6, 6.07) is 6.37. The minimum Gasteiger partial charge on any atom is -0.493 e. The molecule has 1 saturated heterocycles. The molecular formula is C15H20N2O2. The van der Waals surface area contributed by atoms with Crippen LogP contribution in [0.5, 0.6) is 5.75 Å². The van der Waals surface area contributed by atoms with Crippen molar-refractivity contribution in [1.82, 2.24) is 10.2 Å². The molecule has 1 N–H and O–H groups in total. The van der Waals surface area contributed by atoms with Crippen LogP contribution in [0.2, 0.25) is 0 Å². The van der Waals surface area contributed by atoms with E-state index in [2.05, 4.69) is 23.3 Å². The number of fused-ring (bicyclic) bond motifs is 1. The molecule has 1 fully saturated rings. The smallest absolute Gasteiger partial charge is 0.176 e. The molecule has 1 aliphatic heterocycles. The maximum atomic E-state index is 5.72. The molecule has 2 aromatic rings. The van der Waals surface area contributed by atoms with E-state index >= 15 is 0 Å². The van der Waals surface area contributed by atoms with Crippen molar-refractivity contribution in [1.29, 1.82) is 0 Å². The lowest BCUT2D eigenvalue weighted by atomic mass is 10.1. The highest BCUT2D eigenvalue weighted by molar-refractivity contribution is 5.86. The Morgan fingerprint density at radius 3 is 3.16 bits per heavy atom. The number of nitrogens with one attached hydrogen (secondary N) is 1. The maximum absolute atomic E-state index is 5.72. The molecule has 1 atom stereocenters. The van der Waals surface area contributed by atoms with Crippen LogP contribution in [0.4, 0.5) is 0 Å². The fourth-order valence-corrected chi connectivity index (χ4v) is 2.78. The molecule has 0 radical (unpaired) electrons. The van der Waals surface area contributed by atoms with Crippen molar-refractivity contribution in [3.63, 3.8) is 0 Å². The molecule has 0 spiro atoms. The molecule has 0 aliphatic carbocycles. The Kier molecular flexibility index (Phi) is 3.44. The standard InChI is InChI=1S/C15H20N2O2/c1-17-8-4-7-16-13(9-17)12-10-19-15-11(12)5-3-6-14(15)18-2/h3,5-6,10,13,16H,4,7-9H2,1-2H3. The summed E-state index contributed by atoms with van der Waals surface area (Å²) in [7, 11) is 3.84. The summed E-state index contributed by atoms with van der Waals surface area (Å²) < 4.78 is 11.1. The molecule has 4 nitrogen and oxygen atoms in total. The van der Waals surface area contributed by atoms with Gasteiger partial charge in [-0.05, 0) is 32.6 Å². The first-order valence-electron chi connectivity index (χ1n) is 6.75. The second kappa shape index (κ2) is 5.23. The lowest BCUT2D eigenvalue weighted by molar-refractivity contribution is 0.326. The van der Waals surface area contributed by atoms with E-state index in [0.29, 0.717) is 6.04 Å². The Labute approximate surface area is 113 Å². The zero-order chi connectivity index (χ0) is 13.2. The number of methoxy groups -OCH3 is 1. The fraction of sp³-hybridized carbons (Fsp3) is 0.467. The van der Waals surface area contributed by atoms with Crippen molar-refractivity contribution < 1.29 is 9.15 Å². The van der Waals surface area contributed by atoms with E-state index in [1.165, 1.54) is 12.0 Å². The number of para-hydroxylation sites is 1. The Bertz CT molecular complexity index is 564. The zero-order valence-electron chi connectivity index (χ0n) is 11.5. The van der Waals surface area contributed by atoms with Crippen LogP contribution in [0, 0.1) is 0 Å². The minimum absolute atomic E-state index is 0.320. The summed E-state index contributed by atoms with van der Waals surface area (Å²) in [5.41, 5.74) is 2.07. The summed E-state index contributed by atoms with van der Waals surface area (Å²) in [4.78, 5) is 2.36. The third-order valence-electron chi connectivity index (χ3n) is 3.79. The molecule has 0 saturated carbocycles. The molecule has 1 aliphatic rings. The summed E-state index contributed by atoms with van der Waals surface area (Å²) >= 11 is 0. The number of likely N-dealkylation sites (N-methyl/N-ethyl adjacent to an activating group) is 1. The molecule has 3 rings (SSSR count). The zero-order valence-corrected chi connectivity index (χ0v) is 11.5. The van der Waals surface area contributed by atoms with Crippen LogP contribution in [0.15, 0.2) is 28.9 Å². The number of nitrogens with zero attached hydrogens (tertiary/aromatic N) is 1. The molecule has 102 valence electrons. The van der Waals surface area contributed by atoms with Crippen LogP contribution in [0.1, 0.15) is 18.0 Å². The van der Waals surface area contributed by atoms with Gasteiger partial charge in [0.2, 0.25) is 0 Å². The molecule has 0 bridgehead atoms. The lowest BCUT2D eigenvalue weighted by Crippen LogP contribution is -2.28. The topological polar surface area (TPSA) is 37.6 Å². The van der Waals surface area contributed by atoms with E-state index in [4.69, 9.17) is 9.15 Å². The normalized spacial score (nSPS) is 21.5. The number of furan rings is 1. The van der Waals surface area contributed by atoms with Gasteiger partial charge in [0.25, 0.3) is 0 Å². The van der Waals surface area contributed by atoms with Crippen LogP contribution >= 0.6 is 0 Å². The maximum Gasteiger partial charge on any atom is 0.176 e. The van der Waals surface area contributed by atoms with Gasteiger partial charge in [-0.25, -0.2) is 0 Å². The Morgan fingerprint density at radius 1 is 1.42 bits per heavy atom. The third kappa shape index (κ3) is 2.33. The average Bonchev–Trinajstić information content (AvgIpc) is 2.74. The van der Waals surface area contributed by atoms with Crippen molar-refractivity contribution in [2.24, 2.45) is 0 Å². The Balaban J connectivity index is 2.00. The van der Waals surface area contributed by atoms with Crippen molar-refractivity contribution >= 4 is 11.0 Å². The van der Waals surface area contributed by atoms with Gasteiger partial charge in [0.05, 0.1) is 13.4 Å². The largest absolute Gasteiger partial charge is 0.493 e. The van der Waals surface area contributed by atoms with Gasteiger partial charge in [0.15, 0.2) is 11.3 Å². The highest BCUT2D eigenvalue weighted by Crippen LogP contribution is 2.33. The monoisotopic (exact) mass is 260 g/mol. The van der Waals surface area contributed by atoms with E-state index in [1.54, 1.807) is 7.11 Å². The van der Waals surface area contributed by atoms with E-state index in [9.17, 15) is 0 Å². The molecule has 1 aromatic heterocycles. The molecule has 1 aromatic carbocycles. The quantitative estimate of drug-likeness (QED) is 0.900. The van der Waals surface area contributed by atoms with Gasteiger partial charge in [0.1, 0.15) is 0 Å². The number of ether oxygens (including phenoxy) is 1. The highest BCUT2D eigenvalue weighted by Gasteiger charge is 2.21. The van der Waals surface area contributed by atoms with Gasteiger partial charge < -0.3 is 19.4 Å².